The van der Waals surface area contributed by atoms with Gasteiger partial charge in [-0.05, 0) is 44.0 Å². The molecule has 2 rings (SSSR count). The van der Waals surface area contributed by atoms with Gasteiger partial charge in [-0.3, -0.25) is 9.79 Å². The van der Waals surface area contributed by atoms with Crippen molar-refractivity contribution in [2.24, 2.45) is 4.99 Å². The SMILES string of the molecule is C/C=C(\C=N/C)c1ccccc1C(=O)N(CC)[C@@H](C)COc1ncc(C(F)(F)F)cc1F. The predicted octanol–water partition coefficient (Wildman–Crippen LogP) is 5.27. The molecular formula is C23H25F4N3O2. The van der Waals surface area contributed by atoms with Crippen LogP contribution in [0.1, 0.15) is 42.3 Å². The number of rotatable bonds is 8. The van der Waals surface area contributed by atoms with Crippen molar-refractivity contribution in [1.29, 1.82) is 0 Å². The highest BCUT2D eigenvalue weighted by atomic mass is 19.4. The van der Waals surface area contributed by atoms with E-state index < -0.39 is 29.5 Å². The van der Waals surface area contributed by atoms with Gasteiger partial charge in [0.25, 0.3) is 5.91 Å². The molecule has 0 aliphatic heterocycles. The van der Waals surface area contributed by atoms with E-state index in [0.29, 0.717) is 29.9 Å². The molecule has 0 radical (unpaired) electrons. The zero-order chi connectivity index (χ0) is 23.9. The van der Waals surface area contributed by atoms with Gasteiger partial charge < -0.3 is 9.64 Å². The lowest BCUT2D eigenvalue weighted by atomic mass is 9.98. The zero-order valence-corrected chi connectivity index (χ0v) is 18.3. The van der Waals surface area contributed by atoms with Gasteiger partial charge >= 0.3 is 6.18 Å². The number of carbonyl (C=O) groups excluding carboxylic acids is 1. The fraction of sp³-hybridized carbons (Fsp3) is 0.348. The van der Waals surface area contributed by atoms with E-state index in [1.807, 2.05) is 25.1 Å². The molecule has 5 nitrogen and oxygen atoms in total. The molecule has 0 fully saturated rings. The molecule has 0 N–H and O–H groups in total. The number of benzene rings is 1. The number of alkyl halides is 3. The molecule has 1 amide bonds. The highest BCUT2D eigenvalue weighted by Gasteiger charge is 2.32. The minimum absolute atomic E-state index is 0.149. The monoisotopic (exact) mass is 451 g/mol. The summed E-state index contributed by atoms with van der Waals surface area (Å²) >= 11 is 0. The van der Waals surface area contributed by atoms with Gasteiger partial charge in [-0.25, -0.2) is 9.37 Å². The second-order valence-corrected chi connectivity index (χ2v) is 6.94. The topological polar surface area (TPSA) is 54.8 Å². The lowest BCUT2D eigenvalue weighted by Crippen LogP contribution is -2.42. The van der Waals surface area contributed by atoms with Gasteiger partial charge in [-0.2, -0.15) is 13.2 Å². The summed E-state index contributed by atoms with van der Waals surface area (Å²) in [5.74, 6) is -2.03. The van der Waals surface area contributed by atoms with Crippen LogP contribution in [0, 0.1) is 5.82 Å². The molecule has 0 saturated heterocycles. The number of hydrogen-bond acceptors (Lipinski definition) is 4. The van der Waals surface area contributed by atoms with Gasteiger partial charge in [-0.15, -0.1) is 0 Å². The largest absolute Gasteiger partial charge is 0.473 e. The summed E-state index contributed by atoms with van der Waals surface area (Å²) in [6, 6.07) is 6.93. The van der Waals surface area contributed by atoms with E-state index in [1.54, 1.807) is 39.2 Å². The third-order valence-electron chi connectivity index (χ3n) is 4.78. The molecule has 0 spiro atoms. The molecule has 0 aliphatic carbocycles. The molecule has 9 heteroatoms. The summed E-state index contributed by atoms with van der Waals surface area (Å²) in [5.41, 5.74) is 0.765. The van der Waals surface area contributed by atoms with Crippen LogP contribution in [0.15, 0.2) is 47.6 Å². The van der Waals surface area contributed by atoms with Crippen LogP contribution in [0.2, 0.25) is 0 Å². The van der Waals surface area contributed by atoms with Crippen LogP contribution in [-0.4, -0.2) is 48.2 Å². The Morgan fingerprint density at radius 3 is 2.47 bits per heavy atom. The summed E-state index contributed by atoms with van der Waals surface area (Å²) in [6.45, 7) is 5.53. The van der Waals surface area contributed by atoms with Crippen LogP contribution < -0.4 is 4.74 Å². The summed E-state index contributed by atoms with van der Waals surface area (Å²) in [5, 5.41) is 0. The molecule has 172 valence electrons. The Morgan fingerprint density at radius 2 is 1.94 bits per heavy atom. The van der Waals surface area contributed by atoms with Gasteiger partial charge in [0.2, 0.25) is 5.88 Å². The number of carbonyl (C=O) groups is 1. The molecule has 1 aromatic heterocycles. The lowest BCUT2D eigenvalue weighted by molar-refractivity contribution is -0.138. The average Bonchev–Trinajstić information content (AvgIpc) is 2.76. The highest BCUT2D eigenvalue weighted by molar-refractivity contribution is 6.14. The van der Waals surface area contributed by atoms with Crippen molar-refractivity contribution < 1.29 is 27.1 Å². The molecule has 2 aromatic rings. The van der Waals surface area contributed by atoms with Crippen molar-refractivity contribution in [2.45, 2.75) is 33.0 Å². The number of likely N-dealkylation sites (N-methyl/N-ethyl adjacent to an activating group) is 1. The Balaban J connectivity index is 2.21. The number of allylic oxidation sites excluding steroid dienone is 2. The second-order valence-electron chi connectivity index (χ2n) is 6.94. The van der Waals surface area contributed by atoms with Crippen molar-refractivity contribution in [2.75, 3.05) is 20.2 Å². The number of nitrogens with zero attached hydrogens (tertiary/aromatic N) is 3. The van der Waals surface area contributed by atoms with E-state index in [4.69, 9.17) is 4.74 Å². The van der Waals surface area contributed by atoms with E-state index in [1.165, 1.54) is 4.90 Å². The highest BCUT2D eigenvalue weighted by Crippen LogP contribution is 2.30. The number of ether oxygens (including phenoxy) is 1. The van der Waals surface area contributed by atoms with Crippen LogP contribution in [-0.2, 0) is 6.18 Å². The molecular weight excluding hydrogens is 426 g/mol. The molecule has 0 aliphatic rings. The number of aromatic nitrogens is 1. The number of amides is 1. The fourth-order valence-electron chi connectivity index (χ4n) is 3.15. The summed E-state index contributed by atoms with van der Waals surface area (Å²) in [7, 11) is 1.64. The third-order valence-corrected chi connectivity index (χ3v) is 4.78. The van der Waals surface area contributed by atoms with Crippen molar-refractivity contribution >= 4 is 17.7 Å². The first kappa shape index (κ1) is 25.0. The molecule has 1 aromatic carbocycles. The normalized spacial score (nSPS) is 13.3. The quantitative estimate of drug-likeness (QED) is 0.406. The first-order valence-corrected chi connectivity index (χ1v) is 9.98. The van der Waals surface area contributed by atoms with Crippen molar-refractivity contribution in [3.05, 3.63) is 65.1 Å². The number of halogens is 4. The maximum absolute atomic E-state index is 14.0. The predicted molar refractivity (Wildman–Crippen MR) is 115 cm³/mol. The van der Waals surface area contributed by atoms with E-state index >= 15 is 0 Å². The van der Waals surface area contributed by atoms with E-state index in [9.17, 15) is 22.4 Å². The first-order valence-electron chi connectivity index (χ1n) is 9.98. The number of hydrogen-bond donors (Lipinski definition) is 0. The van der Waals surface area contributed by atoms with Crippen LogP contribution in [0.25, 0.3) is 5.57 Å². The minimum atomic E-state index is -4.70. The zero-order valence-electron chi connectivity index (χ0n) is 18.3. The number of aliphatic imine (C=N–C) groups is 1. The van der Waals surface area contributed by atoms with Crippen molar-refractivity contribution in [1.82, 2.24) is 9.88 Å². The van der Waals surface area contributed by atoms with Crippen molar-refractivity contribution in [3.63, 3.8) is 0 Å². The minimum Gasteiger partial charge on any atom is -0.473 e. The molecule has 1 atom stereocenters. The van der Waals surface area contributed by atoms with Gasteiger partial charge in [0.15, 0.2) is 5.82 Å². The Bertz CT molecular complexity index is 1000. The van der Waals surface area contributed by atoms with Gasteiger partial charge in [0.1, 0.15) is 6.61 Å². The second kappa shape index (κ2) is 10.9. The maximum atomic E-state index is 14.0. The van der Waals surface area contributed by atoms with E-state index in [-0.39, 0.29) is 12.5 Å². The Hall–Kier alpha value is -3.23. The molecule has 0 bridgehead atoms. The maximum Gasteiger partial charge on any atom is 0.417 e. The summed E-state index contributed by atoms with van der Waals surface area (Å²) < 4.78 is 57.3. The summed E-state index contributed by atoms with van der Waals surface area (Å²) in [6.07, 6.45) is -0.683. The average molecular weight is 451 g/mol. The summed E-state index contributed by atoms with van der Waals surface area (Å²) in [4.78, 5) is 22.3. The molecule has 0 unspecified atom stereocenters. The Labute approximate surface area is 184 Å². The lowest BCUT2D eigenvalue weighted by Gasteiger charge is -2.29. The standard InChI is InChI=1S/C23H25F4N3O2/c1-5-16(12-28-4)18-9-7-8-10-19(18)22(31)30(6-2)15(3)14-32-21-20(24)11-17(13-29-21)23(25,26)27/h5,7-13,15H,6,14H2,1-4H3/b16-5+,28-12-/t15-/m0/s1. The van der Waals surface area contributed by atoms with Gasteiger partial charge in [-0.1, -0.05) is 24.3 Å². The van der Waals surface area contributed by atoms with Crippen LogP contribution in [0.4, 0.5) is 17.6 Å². The van der Waals surface area contributed by atoms with Crippen LogP contribution in [0.3, 0.4) is 0 Å². The molecule has 0 saturated carbocycles. The van der Waals surface area contributed by atoms with Crippen LogP contribution >= 0.6 is 0 Å². The van der Waals surface area contributed by atoms with Crippen LogP contribution in [0.5, 0.6) is 5.88 Å². The van der Waals surface area contributed by atoms with Crippen molar-refractivity contribution in [3.8, 4) is 5.88 Å². The Kier molecular flexibility index (Phi) is 8.51. The fourth-order valence-corrected chi connectivity index (χ4v) is 3.15. The van der Waals surface area contributed by atoms with Gasteiger partial charge in [0.05, 0.1) is 11.6 Å². The smallest absolute Gasteiger partial charge is 0.417 e. The van der Waals surface area contributed by atoms with E-state index in [2.05, 4.69) is 9.98 Å². The molecule has 1 heterocycles. The molecule has 32 heavy (non-hydrogen) atoms. The number of pyridine rings is 1. The van der Waals surface area contributed by atoms with Gasteiger partial charge in [0, 0.05) is 31.6 Å². The van der Waals surface area contributed by atoms with E-state index in [0.717, 1.165) is 5.57 Å². The first-order chi connectivity index (χ1) is 15.1. The Morgan fingerprint density at radius 1 is 1.28 bits per heavy atom. The third kappa shape index (κ3) is 5.93.